The first-order valence-corrected chi connectivity index (χ1v) is 14.9. The Kier molecular flexibility index (Phi) is 5.62. The summed E-state index contributed by atoms with van der Waals surface area (Å²) in [6.07, 6.45) is 6.61. The van der Waals surface area contributed by atoms with Crippen molar-refractivity contribution in [3.05, 3.63) is 96.1 Å². The Morgan fingerprint density at radius 1 is 0.950 bits per heavy atom. The molecule has 2 unspecified atom stereocenters. The van der Waals surface area contributed by atoms with Crippen molar-refractivity contribution in [2.24, 2.45) is 29.3 Å². The zero-order valence-corrected chi connectivity index (χ0v) is 23.2. The van der Waals surface area contributed by atoms with Gasteiger partial charge >= 0.3 is 0 Å². The van der Waals surface area contributed by atoms with E-state index in [2.05, 4.69) is 10.4 Å². The molecule has 1 amide bonds. The van der Waals surface area contributed by atoms with Crippen LogP contribution in [0, 0.1) is 17.3 Å². The second kappa shape index (κ2) is 9.00. The number of sulfonamides is 1. The number of benzene rings is 2. The molecular formula is C30H30N6O3S. The fraction of sp³-hybridized carbons (Fsp3) is 0.300. The van der Waals surface area contributed by atoms with Crippen LogP contribution in [0.2, 0.25) is 0 Å². The molecule has 0 radical (unpaired) electrons. The first kappa shape index (κ1) is 25.0. The van der Waals surface area contributed by atoms with Gasteiger partial charge in [-0.2, -0.15) is 5.10 Å². The van der Waals surface area contributed by atoms with Crippen LogP contribution in [0.5, 0.6) is 0 Å². The topological polar surface area (TPSA) is 99.9 Å². The van der Waals surface area contributed by atoms with Crippen LogP contribution < -0.4 is 5.32 Å². The van der Waals surface area contributed by atoms with Crippen molar-refractivity contribution in [3.8, 4) is 0 Å². The number of hydrogen-bond donors (Lipinski definition) is 1. The van der Waals surface area contributed by atoms with Crippen LogP contribution in [0.25, 0.3) is 11.3 Å². The van der Waals surface area contributed by atoms with E-state index in [9.17, 15) is 13.2 Å². The van der Waals surface area contributed by atoms with Crippen molar-refractivity contribution in [1.29, 1.82) is 0 Å². The predicted octanol–water partition coefficient (Wildman–Crippen LogP) is 3.32. The molecule has 0 aliphatic carbocycles. The summed E-state index contributed by atoms with van der Waals surface area (Å²) in [6, 6.07) is 18.3. The van der Waals surface area contributed by atoms with Crippen molar-refractivity contribution in [2.75, 3.05) is 20.1 Å². The molecule has 7 rings (SSSR count). The Morgan fingerprint density at radius 3 is 2.27 bits per heavy atom. The Bertz CT molecular complexity index is 1700. The molecule has 3 aromatic rings. The summed E-state index contributed by atoms with van der Waals surface area (Å²) in [5.74, 6) is -0.182. The maximum Gasteiger partial charge on any atom is 0.269 e. The minimum absolute atomic E-state index is 0.0846. The molecule has 0 saturated carbocycles. The number of allylic oxidation sites excluding steroid dienone is 1. The van der Waals surface area contributed by atoms with Gasteiger partial charge in [-0.15, -0.1) is 0 Å². The lowest BCUT2D eigenvalue weighted by molar-refractivity contribution is -0.137. The van der Waals surface area contributed by atoms with Crippen LogP contribution in [0.3, 0.4) is 0 Å². The monoisotopic (exact) mass is 554 g/mol. The van der Waals surface area contributed by atoms with Gasteiger partial charge in [0.05, 0.1) is 28.1 Å². The minimum Gasteiger partial charge on any atom is -0.317 e. The van der Waals surface area contributed by atoms with E-state index >= 15 is 0 Å². The molecule has 0 bridgehead atoms. The smallest absolute Gasteiger partial charge is 0.269 e. The summed E-state index contributed by atoms with van der Waals surface area (Å²) in [5, 5.41) is 7.82. The lowest BCUT2D eigenvalue weighted by Gasteiger charge is -2.40. The van der Waals surface area contributed by atoms with E-state index in [-0.39, 0.29) is 16.7 Å². The summed E-state index contributed by atoms with van der Waals surface area (Å²) in [7, 11) is -0.434. The number of rotatable bonds is 4. The number of likely N-dealkylation sites (tertiary alicyclic amines) is 1. The third-order valence-electron chi connectivity index (χ3n) is 8.79. The van der Waals surface area contributed by atoms with Gasteiger partial charge in [-0.1, -0.05) is 48.5 Å². The molecule has 2 fully saturated rings. The van der Waals surface area contributed by atoms with Crippen molar-refractivity contribution in [3.63, 3.8) is 0 Å². The summed E-state index contributed by atoms with van der Waals surface area (Å²) in [5.41, 5.74) is 3.16. The number of nitrogens with zero attached hydrogens (tertiary/aromatic N) is 5. The van der Waals surface area contributed by atoms with Gasteiger partial charge in [0.1, 0.15) is 5.84 Å². The number of amides is 1. The van der Waals surface area contributed by atoms with Gasteiger partial charge in [-0.25, -0.2) is 17.7 Å². The van der Waals surface area contributed by atoms with Crippen LogP contribution in [0.4, 0.5) is 0 Å². The average Bonchev–Trinajstić information content (AvgIpc) is 3.63. The highest BCUT2D eigenvalue weighted by atomic mass is 32.2. The van der Waals surface area contributed by atoms with E-state index in [1.54, 1.807) is 52.3 Å². The highest BCUT2D eigenvalue weighted by molar-refractivity contribution is 7.90. The molecule has 9 nitrogen and oxygen atoms in total. The molecule has 2 aromatic carbocycles. The zero-order valence-electron chi connectivity index (χ0n) is 22.4. The summed E-state index contributed by atoms with van der Waals surface area (Å²) in [6.45, 7) is 1.46. The molecule has 10 heteroatoms. The lowest BCUT2D eigenvalue weighted by Crippen LogP contribution is -2.48. The Morgan fingerprint density at radius 2 is 1.62 bits per heavy atom. The van der Waals surface area contributed by atoms with Gasteiger partial charge in [-0.3, -0.25) is 9.48 Å². The number of hydrogen-bond acceptors (Lipinski definition) is 6. The van der Waals surface area contributed by atoms with Crippen molar-refractivity contribution in [1.82, 2.24) is 24.3 Å². The molecular weight excluding hydrogens is 524 g/mol. The van der Waals surface area contributed by atoms with E-state index in [0.717, 1.165) is 29.9 Å². The number of piperidine rings is 1. The third kappa shape index (κ3) is 3.42. The maximum absolute atomic E-state index is 14.5. The average molecular weight is 555 g/mol. The molecule has 1 aromatic heterocycles. The first-order chi connectivity index (χ1) is 19.3. The maximum atomic E-state index is 14.5. The van der Waals surface area contributed by atoms with Crippen molar-refractivity contribution < 1.29 is 13.2 Å². The third-order valence-corrected chi connectivity index (χ3v) is 10.5. The van der Waals surface area contributed by atoms with Gasteiger partial charge in [0.2, 0.25) is 5.91 Å². The number of aliphatic imine (C=N–C) groups is 1. The fourth-order valence-electron chi connectivity index (χ4n) is 7.03. The molecule has 40 heavy (non-hydrogen) atoms. The predicted molar refractivity (Wildman–Crippen MR) is 152 cm³/mol. The number of aryl methyl sites for hydroxylation is 1. The van der Waals surface area contributed by atoms with E-state index in [1.165, 1.54) is 4.31 Å². The number of carbonyl (C=O) groups excluding carboxylic acids is 1. The Labute approximate surface area is 233 Å². The highest BCUT2D eigenvalue weighted by Gasteiger charge is 2.63. The molecule has 1 spiro atoms. The van der Waals surface area contributed by atoms with Crippen molar-refractivity contribution in [2.45, 2.75) is 17.7 Å². The quantitative estimate of drug-likeness (QED) is 0.534. The Hall–Kier alpha value is -4.02. The van der Waals surface area contributed by atoms with Gasteiger partial charge < -0.3 is 10.2 Å². The second-order valence-corrected chi connectivity index (χ2v) is 12.7. The van der Waals surface area contributed by atoms with E-state index in [0.29, 0.717) is 29.9 Å². The number of aromatic nitrogens is 2. The molecule has 4 aliphatic rings. The lowest BCUT2D eigenvalue weighted by atomic mass is 9.62. The molecule has 5 heterocycles. The van der Waals surface area contributed by atoms with Gasteiger partial charge in [0.25, 0.3) is 10.0 Å². The normalized spacial score (nSPS) is 23.8. The summed E-state index contributed by atoms with van der Waals surface area (Å²) >= 11 is 0. The number of amidine groups is 1. The van der Waals surface area contributed by atoms with Crippen LogP contribution in [0.15, 0.2) is 94.8 Å². The van der Waals surface area contributed by atoms with Crippen LogP contribution in [-0.4, -0.2) is 59.3 Å². The molecule has 1 N–H and O–H groups in total. The molecule has 4 aliphatic heterocycles. The van der Waals surface area contributed by atoms with Crippen LogP contribution in [0.1, 0.15) is 24.0 Å². The molecule has 2 atom stereocenters. The van der Waals surface area contributed by atoms with Gasteiger partial charge in [-0.05, 0) is 49.2 Å². The van der Waals surface area contributed by atoms with E-state index < -0.39 is 21.4 Å². The number of fused-ring (bicyclic) bond motifs is 4. The standard InChI is InChI=1S/C30H30N6O3S/c1-34-19-21(17-33-34)27-24(20-9-5-3-6-10-20)25-26-23(35(2)29(37)30(26)13-15-31-16-14-30)18-32-28(25)36(27)40(38,39)22-11-7-4-8-12-22/h3-12,17-19,25-26,31H,13-16H2,1-2H3. The molecule has 2 saturated heterocycles. The van der Waals surface area contributed by atoms with Gasteiger partial charge in [0, 0.05) is 43.7 Å². The fourth-order valence-corrected chi connectivity index (χ4v) is 8.59. The largest absolute Gasteiger partial charge is 0.317 e. The highest BCUT2D eigenvalue weighted by Crippen LogP contribution is 2.60. The Balaban J connectivity index is 1.55. The minimum atomic E-state index is -4.07. The zero-order chi connectivity index (χ0) is 27.6. The number of carbonyl (C=O) groups is 1. The summed E-state index contributed by atoms with van der Waals surface area (Å²) < 4.78 is 32.1. The first-order valence-electron chi connectivity index (χ1n) is 13.5. The van der Waals surface area contributed by atoms with Crippen LogP contribution in [-0.2, 0) is 21.9 Å². The molecule has 204 valence electrons. The van der Waals surface area contributed by atoms with Gasteiger partial charge in [0.15, 0.2) is 0 Å². The van der Waals surface area contributed by atoms with E-state index in [1.807, 2.05) is 50.6 Å². The van der Waals surface area contributed by atoms with Crippen LogP contribution >= 0.6 is 0 Å². The van der Waals surface area contributed by atoms with E-state index in [4.69, 9.17) is 4.99 Å². The summed E-state index contributed by atoms with van der Waals surface area (Å²) in [4.78, 5) is 20.8. The number of nitrogens with one attached hydrogen (secondary N) is 1. The van der Waals surface area contributed by atoms with Crippen molar-refractivity contribution >= 4 is 33.0 Å². The second-order valence-electron chi connectivity index (χ2n) is 10.9. The SMILES string of the molecule is CN1C(=O)C2(CCNCC2)C2C1=CN=C1C2C(c2ccccc2)=C(c2cnn(C)c2)N1S(=O)(=O)c1ccccc1.